The van der Waals surface area contributed by atoms with E-state index in [0.29, 0.717) is 16.5 Å². The van der Waals surface area contributed by atoms with Crippen molar-refractivity contribution in [1.82, 2.24) is 4.90 Å². The van der Waals surface area contributed by atoms with Gasteiger partial charge >= 0.3 is 0 Å². The SMILES string of the molecule is O=C([C@@H]1CN(C(=O)Cc2ccc(Cl)cc2)c2ccccc2O1)N1CCCCC1. The lowest BCUT2D eigenvalue weighted by Crippen LogP contribution is -2.53. The number of carbonyl (C=O) groups is 2. The third kappa shape index (κ3) is 3.99. The molecule has 2 heterocycles. The van der Waals surface area contributed by atoms with Gasteiger partial charge in [-0.1, -0.05) is 35.9 Å². The summed E-state index contributed by atoms with van der Waals surface area (Å²) in [5.74, 6) is 0.488. The highest BCUT2D eigenvalue weighted by atomic mass is 35.5. The van der Waals surface area contributed by atoms with Crippen LogP contribution < -0.4 is 9.64 Å². The van der Waals surface area contributed by atoms with E-state index in [1.165, 1.54) is 0 Å². The van der Waals surface area contributed by atoms with Gasteiger partial charge in [0.2, 0.25) is 5.91 Å². The molecule has 2 aliphatic heterocycles. The van der Waals surface area contributed by atoms with E-state index in [0.717, 1.165) is 37.9 Å². The van der Waals surface area contributed by atoms with Gasteiger partial charge in [0.25, 0.3) is 5.91 Å². The topological polar surface area (TPSA) is 49.9 Å². The predicted octanol–water partition coefficient (Wildman–Crippen LogP) is 3.69. The molecule has 2 aromatic rings. The molecule has 1 saturated heterocycles. The molecule has 2 aromatic carbocycles. The standard InChI is InChI=1S/C22H23ClN2O3/c23-17-10-8-16(9-11-17)14-21(26)25-15-20(22(27)24-12-4-1-5-13-24)28-19-7-3-2-6-18(19)25/h2-3,6-11,20H,1,4-5,12-15H2/t20-/m0/s1. The highest BCUT2D eigenvalue weighted by Crippen LogP contribution is 2.34. The molecule has 146 valence electrons. The van der Waals surface area contributed by atoms with Gasteiger partial charge in [-0.3, -0.25) is 9.59 Å². The number of ether oxygens (including phenoxy) is 1. The molecule has 5 nitrogen and oxygen atoms in total. The van der Waals surface area contributed by atoms with E-state index in [2.05, 4.69) is 0 Å². The Hall–Kier alpha value is -2.53. The van der Waals surface area contributed by atoms with Gasteiger partial charge in [-0.05, 0) is 49.1 Å². The average molecular weight is 399 g/mol. The summed E-state index contributed by atoms with van der Waals surface area (Å²) < 4.78 is 5.99. The number of likely N-dealkylation sites (tertiary alicyclic amines) is 1. The predicted molar refractivity (Wildman–Crippen MR) is 109 cm³/mol. The number of halogens is 1. The van der Waals surface area contributed by atoms with E-state index in [1.54, 1.807) is 17.0 Å². The van der Waals surface area contributed by atoms with Crippen molar-refractivity contribution >= 4 is 29.1 Å². The molecule has 28 heavy (non-hydrogen) atoms. The first kappa shape index (κ1) is 18.8. The molecule has 4 rings (SSSR count). The lowest BCUT2D eigenvalue weighted by atomic mass is 10.1. The maximum atomic E-state index is 13.1. The zero-order valence-corrected chi connectivity index (χ0v) is 16.4. The first-order valence-electron chi connectivity index (χ1n) is 9.71. The zero-order chi connectivity index (χ0) is 19.5. The van der Waals surface area contributed by atoms with E-state index in [4.69, 9.17) is 16.3 Å². The fraction of sp³-hybridized carbons (Fsp3) is 0.364. The molecule has 0 bridgehead atoms. The number of amides is 2. The molecule has 2 amide bonds. The van der Waals surface area contributed by atoms with Crippen LogP contribution in [-0.4, -0.2) is 42.5 Å². The van der Waals surface area contributed by atoms with Gasteiger partial charge < -0.3 is 14.5 Å². The molecule has 0 aliphatic carbocycles. The molecular formula is C22H23ClN2O3. The Morgan fingerprint density at radius 2 is 1.71 bits per heavy atom. The largest absolute Gasteiger partial charge is 0.476 e. The van der Waals surface area contributed by atoms with Crippen molar-refractivity contribution in [2.75, 3.05) is 24.5 Å². The third-order valence-corrected chi connectivity index (χ3v) is 5.54. The Bertz CT molecular complexity index is 862. The lowest BCUT2D eigenvalue weighted by Gasteiger charge is -2.37. The van der Waals surface area contributed by atoms with E-state index < -0.39 is 6.10 Å². The monoisotopic (exact) mass is 398 g/mol. The van der Waals surface area contributed by atoms with Crippen LogP contribution in [0.2, 0.25) is 5.02 Å². The van der Waals surface area contributed by atoms with Crippen LogP contribution in [0, 0.1) is 0 Å². The van der Waals surface area contributed by atoms with Gasteiger partial charge in [-0.25, -0.2) is 0 Å². The molecule has 6 heteroatoms. The maximum Gasteiger partial charge on any atom is 0.265 e. The second kappa shape index (κ2) is 8.23. The van der Waals surface area contributed by atoms with Crippen molar-refractivity contribution in [3.8, 4) is 5.75 Å². The first-order valence-corrected chi connectivity index (χ1v) is 10.1. The fourth-order valence-corrected chi connectivity index (χ4v) is 3.92. The number of para-hydroxylation sites is 2. The molecule has 0 unspecified atom stereocenters. The molecule has 2 aliphatic rings. The van der Waals surface area contributed by atoms with Gasteiger partial charge in [0.05, 0.1) is 18.7 Å². The lowest BCUT2D eigenvalue weighted by molar-refractivity contribution is -0.139. The summed E-state index contributed by atoms with van der Waals surface area (Å²) in [6.07, 6.45) is 2.78. The van der Waals surface area contributed by atoms with Crippen molar-refractivity contribution in [1.29, 1.82) is 0 Å². The summed E-state index contributed by atoms with van der Waals surface area (Å²) in [7, 11) is 0. The molecule has 1 atom stereocenters. The molecule has 1 fully saturated rings. The number of hydrogen-bond donors (Lipinski definition) is 0. The summed E-state index contributed by atoms with van der Waals surface area (Å²) in [5.41, 5.74) is 1.60. The number of nitrogens with zero attached hydrogens (tertiary/aromatic N) is 2. The number of hydrogen-bond acceptors (Lipinski definition) is 3. The van der Waals surface area contributed by atoms with Gasteiger partial charge in [-0.2, -0.15) is 0 Å². The minimum Gasteiger partial charge on any atom is -0.476 e. The molecule has 0 radical (unpaired) electrons. The molecular weight excluding hydrogens is 376 g/mol. The third-order valence-electron chi connectivity index (χ3n) is 5.29. The Labute approximate surface area is 169 Å². The van der Waals surface area contributed by atoms with Crippen LogP contribution in [0.5, 0.6) is 5.75 Å². The van der Waals surface area contributed by atoms with E-state index in [-0.39, 0.29) is 24.8 Å². The van der Waals surface area contributed by atoms with Crippen LogP contribution in [-0.2, 0) is 16.0 Å². The molecule has 0 aromatic heterocycles. The highest BCUT2D eigenvalue weighted by molar-refractivity contribution is 6.30. The second-order valence-corrected chi connectivity index (χ2v) is 7.70. The number of piperidine rings is 1. The van der Waals surface area contributed by atoms with Crippen molar-refractivity contribution in [2.45, 2.75) is 31.8 Å². The molecule has 0 saturated carbocycles. The number of fused-ring (bicyclic) bond motifs is 1. The van der Waals surface area contributed by atoms with E-state index >= 15 is 0 Å². The number of anilines is 1. The van der Waals surface area contributed by atoms with E-state index in [1.807, 2.05) is 41.3 Å². The van der Waals surface area contributed by atoms with Gasteiger partial charge in [0.15, 0.2) is 6.10 Å². The average Bonchev–Trinajstić information content (AvgIpc) is 2.74. The summed E-state index contributed by atoms with van der Waals surface area (Å²) in [4.78, 5) is 29.6. The Morgan fingerprint density at radius 1 is 1.00 bits per heavy atom. The summed E-state index contributed by atoms with van der Waals surface area (Å²) in [5, 5.41) is 0.639. The van der Waals surface area contributed by atoms with Crippen molar-refractivity contribution < 1.29 is 14.3 Å². The zero-order valence-electron chi connectivity index (χ0n) is 15.6. The number of rotatable bonds is 3. The van der Waals surface area contributed by atoms with Crippen LogP contribution in [0.3, 0.4) is 0 Å². The first-order chi connectivity index (χ1) is 13.6. The van der Waals surface area contributed by atoms with Crippen LogP contribution in [0.15, 0.2) is 48.5 Å². The van der Waals surface area contributed by atoms with Gasteiger partial charge in [0.1, 0.15) is 5.75 Å². The Morgan fingerprint density at radius 3 is 2.46 bits per heavy atom. The Kier molecular flexibility index (Phi) is 5.53. The fourth-order valence-electron chi connectivity index (χ4n) is 3.79. The van der Waals surface area contributed by atoms with Crippen LogP contribution in [0.4, 0.5) is 5.69 Å². The summed E-state index contributed by atoms with van der Waals surface area (Å²) in [6.45, 7) is 1.76. The molecule has 0 spiro atoms. The summed E-state index contributed by atoms with van der Waals surface area (Å²) in [6, 6.07) is 14.7. The van der Waals surface area contributed by atoms with Crippen molar-refractivity contribution in [3.05, 3.63) is 59.1 Å². The normalized spacial score (nSPS) is 19.0. The van der Waals surface area contributed by atoms with Crippen molar-refractivity contribution in [3.63, 3.8) is 0 Å². The Balaban J connectivity index is 1.55. The maximum absolute atomic E-state index is 13.1. The minimum absolute atomic E-state index is 0.0292. The van der Waals surface area contributed by atoms with Crippen LogP contribution >= 0.6 is 11.6 Å². The highest BCUT2D eigenvalue weighted by Gasteiger charge is 2.36. The van der Waals surface area contributed by atoms with Gasteiger partial charge in [-0.15, -0.1) is 0 Å². The van der Waals surface area contributed by atoms with Crippen LogP contribution in [0.25, 0.3) is 0 Å². The quantitative estimate of drug-likeness (QED) is 0.792. The smallest absolute Gasteiger partial charge is 0.265 e. The second-order valence-electron chi connectivity index (χ2n) is 7.27. The number of benzene rings is 2. The van der Waals surface area contributed by atoms with Crippen molar-refractivity contribution in [2.24, 2.45) is 0 Å². The van der Waals surface area contributed by atoms with E-state index in [9.17, 15) is 9.59 Å². The summed E-state index contributed by atoms with van der Waals surface area (Å²) >= 11 is 5.94. The van der Waals surface area contributed by atoms with Crippen LogP contribution in [0.1, 0.15) is 24.8 Å². The minimum atomic E-state index is -0.665. The molecule has 0 N–H and O–H groups in total. The number of carbonyl (C=O) groups excluding carboxylic acids is 2. The van der Waals surface area contributed by atoms with Gasteiger partial charge in [0, 0.05) is 18.1 Å².